The van der Waals surface area contributed by atoms with Gasteiger partial charge in [0.25, 0.3) is 0 Å². The lowest BCUT2D eigenvalue weighted by molar-refractivity contribution is 0.355. The second-order valence-corrected chi connectivity index (χ2v) is 5.77. The lowest BCUT2D eigenvalue weighted by Crippen LogP contribution is -2.04. The van der Waals surface area contributed by atoms with E-state index in [2.05, 4.69) is 0 Å². The number of rotatable bonds is 6. The van der Waals surface area contributed by atoms with Crippen molar-refractivity contribution in [1.29, 1.82) is 0 Å². The number of aromatic hydroxyl groups is 1. The summed E-state index contributed by atoms with van der Waals surface area (Å²) in [5.74, 6) is 2.24. The number of phenolic OH excluding ortho intramolecular Hbond substituents is 1. The average Bonchev–Trinajstić information content (AvgIpc) is 2.65. The first-order chi connectivity index (χ1) is 12.5. The number of hydrogen-bond donors (Lipinski definition) is 1. The first-order valence-corrected chi connectivity index (χ1v) is 8.10. The molecule has 0 saturated heterocycles. The molecule has 1 heterocycles. The summed E-state index contributed by atoms with van der Waals surface area (Å²) in [7, 11) is 4.58. The largest absolute Gasteiger partial charge is 0.508 e. The van der Waals surface area contributed by atoms with Crippen LogP contribution in [0.2, 0.25) is 0 Å². The van der Waals surface area contributed by atoms with E-state index in [4.69, 9.17) is 18.6 Å². The van der Waals surface area contributed by atoms with Crippen molar-refractivity contribution < 1.29 is 23.7 Å². The van der Waals surface area contributed by atoms with Gasteiger partial charge in [-0.05, 0) is 24.1 Å². The highest BCUT2D eigenvalue weighted by molar-refractivity contribution is 5.80. The highest BCUT2D eigenvalue weighted by atomic mass is 16.5. The van der Waals surface area contributed by atoms with Crippen molar-refractivity contribution in [3.05, 3.63) is 57.9 Å². The maximum Gasteiger partial charge on any atom is 0.193 e. The van der Waals surface area contributed by atoms with Gasteiger partial charge >= 0.3 is 0 Å². The Balaban J connectivity index is 1.90. The molecule has 0 fully saturated rings. The molecule has 26 heavy (non-hydrogen) atoms. The van der Waals surface area contributed by atoms with Gasteiger partial charge in [0.15, 0.2) is 16.9 Å². The van der Waals surface area contributed by atoms with E-state index < -0.39 is 0 Å². The molecule has 3 rings (SSSR count). The Morgan fingerprint density at radius 3 is 2.31 bits per heavy atom. The molecule has 0 unspecified atom stereocenters. The number of fused-ring (bicyclic) bond motifs is 1. The van der Waals surface area contributed by atoms with Gasteiger partial charge in [-0.1, -0.05) is 6.07 Å². The van der Waals surface area contributed by atoms with Gasteiger partial charge in [-0.3, -0.25) is 4.79 Å². The maximum atomic E-state index is 12.4. The number of hydrogen-bond acceptors (Lipinski definition) is 6. The molecule has 0 aliphatic rings. The monoisotopic (exact) mass is 356 g/mol. The van der Waals surface area contributed by atoms with Crippen molar-refractivity contribution in [1.82, 2.24) is 0 Å². The summed E-state index contributed by atoms with van der Waals surface area (Å²) in [5.41, 5.74) is 1.03. The molecule has 0 amide bonds. The zero-order chi connectivity index (χ0) is 18.7. The fourth-order valence-electron chi connectivity index (χ4n) is 2.80. The minimum Gasteiger partial charge on any atom is -0.508 e. The molecule has 2 aromatic carbocycles. The third kappa shape index (κ3) is 3.44. The van der Waals surface area contributed by atoms with Gasteiger partial charge < -0.3 is 23.7 Å². The molecule has 6 nitrogen and oxygen atoms in total. The van der Waals surface area contributed by atoms with Crippen LogP contribution in [0.15, 0.2) is 45.6 Å². The molecule has 0 saturated carbocycles. The molecule has 1 N–H and O–H groups in total. The molecular formula is C20H20O6. The van der Waals surface area contributed by atoms with E-state index in [1.54, 1.807) is 37.4 Å². The Hall–Kier alpha value is -3.15. The Kier molecular flexibility index (Phi) is 5.02. The Bertz CT molecular complexity index is 989. The van der Waals surface area contributed by atoms with Crippen molar-refractivity contribution >= 4 is 11.0 Å². The Morgan fingerprint density at radius 1 is 0.923 bits per heavy atom. The number of methoxy groups -OCH3 is 3. The van der Waals surface area contributed by atoms with Crippen LogP contribution in [-0.4, -0.2) is 26.4 Å². The number of aryl methyl sites for hydroxylation is 2. The average molecular weight is 356 g/mol. The molecule has 0 atom stereocenters. The zero-order valence-electron chi connectivity index (χ0n) is 14.9. The summed E-state index contributed by atoms with van der Waals surface area (Å²) >= 11 is 0. The normalized spacial score (nSPS) is 10.7. The number of phenols is 1. The van der Waals surface area contributed by atoms with Gasteiger partial charge in [-0.2, -0.15) is 0 Å². The van der Waals surface area contributed by atoms with E-state index in [0.29, 0.717) is 46.8 Å². The van der Waals surface area contributed by atoms with Crippen molar-refractivity contribution in [2.24, 2.45) is 0 Å². The molecule has 136 valence electrons. The van der Waals surface area contributed by atoms with Gasteiger partial charge in [0, 0.05) is 24.6 Å². The minimum absolute atomic E-state index is 0.152. The SMILES string of the molecule is COc1ccc(CCc2cc(=O)c3cc(OC)c(OC)cc3o2)c(O)c1. The first kappa shape index (κ1) is 17.7. The Morgan fingerprint density at radius 2 is 1.65 bits per heavy atom. The molecule has 0 aliphatic heterocycles. The standard InChI is InChI=1S/C20H20O6/c1-23-13-6-4-12(16(21)8-13)5-7-14-9-17(22)15-10-19(24-2)20(25-3)11-18(15)26-14/h4,6,8-11,21H,5,7H2,1-3H3. The molecule has 0 bridgehead atoms. The third-order valence-corrected chi connectivity index (χ3v) is 4.22. The number of ether oxygens (including phenoxy) is 3. The lowest BCUT2D eigenvalue weighted by Gasteiger charge is -2.10. The second-order valence-electron chi connectivity index (χ2n) is 5.77. The fraction of sp³-hybridized carbons (Fsp3) is 0.250. The summed E-state index contributed by atoms with van der Waals surface area (Å²) < 4.78 is 21.4. The van der Waals surface area contributed by atoms with E-state index in [1.807, 2.05) is 0 Å². The summed E-state index contributed by atoms with van der Waals surface area (Å²) in [5, 5.41) is 10.5. The van der Waals surface area contributed by atoms with Crippen molar-refractivity contribution in [3.63, 3.8) is 0 Å². The quantitative estimate of drug-likeness (QED) is 0.730. The first-order valence-electron chi connectivity index (χ1n) is 8.10. The topological polar surface area (TPSA) is 78.1 Å². The van der Waals surface area contributed by atoms with Gasteiger partial charge in [0.05, 0.1) is 26.7 Å². The van der Waals surface area contributed by atoms with Crippen LogP contribution >= 0.6 is 0 Å². The van der Waals surface area contributed by atoms with Crippen LogP contribution in [0.25, 0.3) is 11.0 Å². The highest BCUT2D eigenvalue weighted by Gasteiger charge is 2.12. The van der Waals surface area contributed by atoms with Crippen LogP contribution in [0.1, 0.15) is 11.3 Å². The van der Waals surface area contributed by atoms with E-state index in [-0.39, 0.29) is 11.2 Å². The van der Waals surface area contributed by atoms with Crippen molar-refractivity contribution in [3.8, 4) is 23.0 Å². The molecular weight excluding hydrogens is 336 g/mol. The summed E-state index contributed by atoms with van der Waals surface area (Å²) in [6, 6.07) is 9.85. The van der Waals surface area contributed by atoms with E-state index in [0.717, 1.165) is 5.56 Å². The van der Waals surface area contributed by atoms with E-state index in [9.17, 15) is 9.90 Å². The van der Waals surface area contributed by atoms with E-state index in [1.165, 1.54) is 20.3 Å². The minimum atomic E-state index is -0.152. The van der Waals surface area contributed by atoms with Crippen LogP contribution in [0.3, 0.4) is 0 Å². The molecule has 0 spiro atoms. The number of benzene rings is 2. The maximum absolute atomic E-state index is 12.4. The van der Waals surface area contributed by atoms with Gasteiger partial charge in [-0.25, -0.2) is 0 Å². The molecule has 0 aliphatic carbocycles. The second kappa shape index (κ2) is 7.39. The van der Waals surface area contributed by atoms with Crippen molar-refractivity contribution in [2.45, 2.75) is 12.8 Å². The van der Waals surface area contributed by atoms with Crippen LogP contribution in [0.4, 0.5) is 0 Å². The van der Waals surface area contributed by atoms with Crippen LogP contribution in [0.5, 0.6) is 23.0 Å². The molecule has 1 aromatic heterocycles. The third-order valence-electron chi connectivity index (χ3n) is 4.22. The summed E-state index contributed by atoms with van der Waals surface area (Å²) in [4.78, 5) is 12.4. The van der Waals surface area contributed by atoms with Gasteiger partial charge in [-0.15, -0.1) is 0 Å². The molecule has 0 radical (unpaired) electrons. The lowest BCUT2D eigenvalue weighted by atomic mass is 10.1. The molecule has 3 aromatic rings. The van der Waals surface area contributed by atoms with Crippen LogP contribution in [0, 0.1) is 0 Å². The fourth-order valence-corrected chi connectivity index (χ4v) is 2.80. The predicted molar refractivity (Wildman–Crippen MR) is 97.7 cm³/mol. The zero-order valence-corrected chi connectivity index (χ0v) is 14.9. The smallest absolute Gasteiger partial charge is 0.193 e. The van der Waals surface area contributed by atoms with Crippen LogP contribution in [-0.2, 0) is 12.8 Å². The van der Waals surface area contributed by atoms with Gasteiger partial charge in [0.1, 0.15) is 22.8 Å². The predicted octanol–water partition coefficient (Wildman–Crippen LogP) is 3.31. The highest BCUT2D eigenvalue weighted by Crippen LogP contribution is 2.31. The summed E-state index contributed by atoms with van der Waals surface area (Å²) in [6.45, 7) is 0. The van der Waals surface area contributed by atoms with Crippen molar-refractivity contribution in [2.75, 3.05) is 21.3 Å². The van der Waals surface area contributed by atoms with E-state index >= 15 is 0 Å². The summed E-state index contributed by atoms with van der Waals surface area (Å²) in [6.07, 6.45) is 0.997. The van der Waals surface area contributed by atoms with Gasteiger partial charge in [0.2, 0.25) is 0 Å². The van der Waals surface area contributed by atoms with Crippen LogP contribution < -0.4 is 19.6 Å². The molecule has 6 heteroatoms. The Labute approximate surface area is 150 Å².